The minimum Gasteiger partial charge on any atom is -0.261 e. The molecule has 0 fully saturated rings. The fourth-order valence-corrected chi connectivity index (χ4v) is 4.61. The maximum Gasteiger partial charge on any atom is 3.00 e. The summed E-state index contributed by atoms with van der Waals surface area (Å²) < 4.78 is 0. The largest absolute Gasteiger partial charge is 3.00 e. The summed E-state index contributed by atoms with van der Waals surface area (Å²) in [5.41, 5.74) is 11.0. The van der Waals surface area contributed by atoms with Crippen LogP contribution < -0.4 is 0 Å². The average molecular weight is 813 g/mol. The van der Waals surface area contributed by atoms with Crippen molar-refractivity contribution in [2.45, 2.75) is 19.8 Å². The number of benzene rings is 4. The molecule has 0 aliphatic carbocycles. The van der Waals surface area contributed by atoms with Crippen molar-refractivity contribution in [2.75, 3.05) is 0 Å². The van der Waals surface area contributed by atoms with E-state index in [1.165, 1.54) is 44.5 Å². The summed E-state index contributed by atoms with van der Waals surface area (Å²) in [6.45, 7) is 2.22. The van der Waals surface area contributed by atoms with Gasteiger partial charge in [0.05, 0.1) is 0 Å². The molecular formula is C32H27IrNPt+5. The Kier molecular flexibility index (Phi) is 9.93. The molecule has 0 aliphatic rings. The van der Waals surface area contributed by atoms with Crippen molar-refractivity contribution in [3.63, 3.8) is 0 Å². The Balaban J connectivity index is 0.00000171. The first-order valence-corrected chi connectivity index (χ1v) is 11.6. The Labute approximate surface area is 236 Å². The van der Waals surface area contributed by atoms with Crippen LogP contribution in [0.25, 0.3) is 44.5 Å². The number of pyridine rings is 1. The molecular weight excluding hydrogens is 786 g/mol. The van der Waals surface area contributed by atoms with Gasteiger partial charge in [-0.15, -0.1) is 0 Å². The first-order valence-electron chi connectivity index (χ1n) is 11.6. The monoisotopic (exact) mass is 813 g/mol. The molecule has 0 unspecified atom stereocenters. The molecule has 0 aliphatic heterocycles. The standard InChI is InChI=1S/C32H27N.Ir.Pt/c1-2-13-31-32(29-21-12-10-19-27(29)25-16-7-4-8-17-25)30(22-23-33-31)28-20-11-9-18-26(28)24-14-5-3-6-15-24;;/h3-12,14-23H,2,13H2,1H3;;/q;+3;+2. The van der Waals surface area contributed by atoms with Crippen molar-refractivity contribution in [2.24, 2.45) is 0 Å². The molecule has 0 atom stereocenters. The molecule has 5 rings (SSSR count). The van der Waals surface area contributed by atoms with Gasteiger partial charge in [0, 0.05) is 17.5 Å². The number of nitrogens with zero attached hydrogens (tertiary/aromatic N) is 1. The zero-order chi connectivity index (χ0) is 22.5. The molecule has 174 valence electrons. The summed E-state index contributed by atoms with van der Waals surface area (Å²) >= 11 is 0. The SMILES string of the molecule is CCCc1nccc(-c2ccccc2-c2ccccc2)c1-c1ccccc1-c1ccccc1.[Ir+3].[Pt+2]. The van der Waals surface area contributed by atoms with E-state index in [9.17, 15) is 0 Å². The zero-order valence-corrected chi connectivity index (χ0v) is 24.2. The molecule has 0 bridgehead atoms. The Morgan fingerprint density at radius 1 is 0.514 bits per heavy atom. The Morgan fingerprint density at radius 3 is 1.51 bits per heavy atom. The van der Waals surface area contributed by atoms with E-state index in [1.54, 1.807) is 0 Å². The van der Waals surface area contributed by atoms with Crippen LogP contribution in [0.5, 0.6) is 0 Å². The van der Waals surface area contributed by atoms with E-state index in [1.807, 2.05) is 6.20 Å². The third-order valence-electron chi connectivity index (χ3n) is 6.10. The Bertz CT molecular complexity index is 1370. The number of hydrogen-bond acceptors (Lipinski definition) is 1. The van der Waals surface area contributed by atoms with E-state index in [4.69, 9.17) is 4.98 Å². The van der Waals surface area contributed by atoms with Crippen molar-refractivity contribution >= 4 is 0 Å². The van der Waals surface area contributed by atoms with Crippen LogP contribution >= 0.6 is 0 Å². The van der Waals surface area contributed by atoms with Crippen molar-refractivity contribution in [3.05, 3.63) is 127 Å². The number of aromatic nitrogens is 1. The smallest absolute Gasteiger partial charge is 0.261 e. The molecule has 5 aromatic rings. The molecule has 1 nitrogen and oxygen atoms in total. The van der Waals surface area contributed by atoms with E-state index in [-0.39, 0.29) is 41.2 Å². The fraction of sp³-hybridized carbons (Fsp3) is 0.0938. The van der Waals surface area contributed by atoms with E-state index in [0.717, 1.165) is 18.5 Å². The van der Waals surface area contributed by atoms with Crippen molar-refractivity contribution in [3.8, 4) is 44.5 Å². The van der Waals surface area contributed by atoms with Gasteiger partial charge in [-0.3, -0.25) is 4.98 Å². The van der Waals surface area contributed by atoms with Gasteiger partial charge in [-0.2, -0.15) is 0 Å². The van der Waals surface area contributed by atoms with Gasteiger partial charge in [0.15, 0.2) is 0 Å². The molecule has 0 saturated carbocycles. The minimum atomic E-state index is 0. The van der Waals surface area contributed by atoms with Crippen LogP contribution in [-0.4, -0.2) is 4.98 Å². The van der Waals surface area contributed by atoms with Crippen LogP contribution in [0.3, 0.4) is 0 Å². The van der Waals surface area contributed by atoms with Crippen LogP contribution in [-0.2, 0) is 47.6 Å². The summed E-state index contributed by atoms with van der Waals surface area (Å²) in [5.74, 6) is 0. The number of rotatable bonds is 6. The second kappa shape index (κ2) is 12.9. The van der Waals surface area contributed by atoms with Gasteiger partial charge in [0.25, 0.3) is 0 Å². The van der Waals surface area contributed by atoms with Gasteiger partial charge in [-0.1, -0.05) is 123 Å². The normalized spacial score (nSPS) is 10.2. The summed E-state index contributed by atoms with van der Waals surface area (Å²) in [5, 5.41) is 0. The third kappa shape index (κ3) is 5.79. The summed E-state index contributed by atoms with van der Waals surface area (Å²) in [6.07, 6.45) is 3.97. The molecule has 3 heteroatoms. The van der Waals surface area contributed by atoms with Gasteiger partial charge in [-0.25, -0.2) is 0 Å². The predicted octanol–water partition coefficient (Wildman–Crippen LogP) is 8.70. The fourth-order valence-electron chi connectivity index (χ4n) is 4.61. The first kappa shape index (κ1) is 27.0. The molecule has 1 aromatic heterocycles. The van der Waals surface area contributed by atoms with E-state index in [0.29, 0.717) is 0 Å². The van der Waals surface area contributed by atoms with Crippen molar-refractivity contribution in [1.29, 1.82) is 0 Å². The van der Waals surface area contributed by atoms with Crippen LogP contribution in [0, 0.1) is 0 Å². The van der Waals surface area contributed by atoms with Crippen LogP contribution in [0.4, 0.5) is 0 Å². The molecule has 0 amide bonds. The molecule has 0 spiro atoms. The molecule has 4 aromatic carbocycles. The summed E-state index contributed by atoms with van der Waals surface area (Å²) in [7, 11) is 0. The molecule has 0 saturated heterocycles. The van der Waals surface area contributed by atoms with Crippen molar-refractivity contribution < 1.29 is 41.2 Å². The van der Waals surface area contributed by atoms with Gasteiger partial charge in [-0.05, 0) is 51.4 Å². The van der Waals surface area contributed by atoms with Gasteiger partial charge >= 0.3 is 41.2 Å². The summed E-state index contributed by atoms with van der Waals surface area (Å²) in [6, 6.07) is 40.9. The molecule has 0 N–H and O–H groups in total. The van der Waals surface area contributed by atoms with Gasteiger partial charge in [0.1, 0.15) is 0 Å². The predicted molar refractivity (Wildman–Crippen MR) is 140 cm³/mol. The maximum absolute atomic E-state index is 4.87. The topological polar surface area (TPSA) is 12.9 Å². The molecule has 0 radical (unpaired) electrons. The second-order valence-electron chi connectivity index (χ2n) is 8.25. The van der Waals surface area contributed by atoms with Gasteiger partial charge in [0.2, 0.25) is 0 Å². The van der Waals surface area contributed by atoms with Crippen LogP contribution in [0.15, 0.2) is 121 Å². The van der Waals surface area contributed by atoms with Crippen LogP contribution in [0.2, 0.25) is 0 Å². The maximum atomic E-state index is 4.87. The number of aryl methyl sites for hydroxylation is 1. The number of hydrogen-bond donors (Lipinski definition) is 0. The minimum absolute atomic E-state index is 0. The van der Waals surface area contributed by atoms with Gasteiger partial charge < -0.3 is 0 Å². The van der Waals surface area contributed by atoms with E-state index < -0.39 is 0 Å². The Morgan fingerprint density at radius 2 is 0.971 bits per heavy atom. The molecule has 1 heterocycles. The van der Waals surface area contributed by atoms with Crippen LogP contribution in [0.1, 0.15) is 19.0 Å². The quantitative estimate of drug-likeness (QED) is 0.167. The Hall–Kier alpha value is -2.63. The zero-order valence-electron chi connectivity index (χ0n) is 19.6. The second-order valence-corrected chi connectivity index (χ2v) is 8.25. The van der Waals surface area contributed by atoms with E-state index >= 15 is 0 Å². The first-order chi connectivity index (χ1) is 16.4. The van der Waals surface area contributed by atoms with Crippen molar-refractivity contribution in [1.82, 2.24) is 4.98 Å². The molecule has 35 heavy (non-hydrogen) atoms. The van der Waals surface area contributed by atoms with E-state index in [2.05, 4.69) is 122 Å². The third-order valence-corrected chi connectivity index (χ3v) is 6.10. The summed E-state index contributed by atoms with van der Waals surface area (Å²) in [4.78, 5) is 4.87. The average Bonchev–Trinajstić information content (AvgIpc) is 2.90.